The highest BCUT2D eigenvalue weighted by Crippen LogP contribution is 2.30. The van der Waals surface area contributed by atoms with Gasteiger partial charge in [0.25, 0.3) is 0 Å². The predicted octanol–water partition coefficient (Wildman–Crippen LogP) is 5.76. The summed E-state index contributed by atoms with van der Waals surface area (Å²) in [6.45, 7) is 7.13. The number of hydrogen-bond donors (Lipinski definition) is 0. The van der Waals surface area contributed by atoms with E-state index in [1.807, 2.05) is 44.4 Å². The summed E-state index contributed by atoms with van der Waals surface area (Å²) in [6, 6.07) is 23.1. The Morgan fingerprint density at radius 3 is 2.51 bits per heavy atom. The van der Waals surface area contributed by atoms with Crippen LogP contribution in [0.25, 0.3) is 17.2 Å². The molecule has 35 heavy (non-hydrogen) atoms. The number of allylic oxidation sites excluding steroid dienone is 1. The average molecular weight is 468 g/mol. The maximum atomic E-state index is 13.2. The molecule has 0 radical (unpaired) electrons. The van der Waals surface area contributed by atoms with Gasteiger partial charge in [-0.25, -0.2) is 0 Å². The van der Waals surface area contributed by atoms with E-state index in [2.05, 4.69) is 71.1 Å². The topological polar surface area (TPSA) is 26.8 Å². The fourth-order valence-corrected chi connectivity index (χ4v) is 4.77. The van der Waals surface area contributed by atoms with Crippen LogP contribution in [0.4, 0.5) is 5.69 Å². The van der Waals surface area contributed by atoms with Crippen LogP contribution in [0, 0.1) is 6.92 Å². The summed E-state index contributed by atoms with van der Waals surface area (Å²) in [6.07, 6.45) is 4.85. The number of rotatable bonds is 7. The molecule has 1 saturated heterocycles. The predicted molar refractivity (Wildman–Crippen MR) is 148 cm³/mol. The number of nitrogens with zero attached hydrogens (tertiary/aromatic N) is 3. The van der Waals surface area contributed by atoms with E-state index in [0.29, 0.717) is 0 Å². The highest BCUT2D eigenvalue weighted by molar-refractivity contribution is 6.07. The van der Waals surface area contributed by atoms with Gasteiger partial charge in [0, 0.05) is 37.4 Å². The first-order chi connectivity index (χ1) is 16.9. The van der Waals surface area contributed by atoms with E-state index in [4.69, 9.17) is 0 Å². The van der Waals surface area contributed by atoms with Crippen molar-refractivity contribution < 1.29 is 4.79 Å². The number of likely N-dealkylation sites (N-methyl/N-ethyl adjacent to an activating group) is 1. The molecule has 0 saturated carbocycles. The first-order valence-electron chi connectivity index (χ1n) is 12.5. The number of benzene rings is 3. The van der Waals surface area contributed by atoms with Crippen molar-refractivity contribution in [1.82, 2.24) is 9.80 Å². The van der Waals surface area contributed by atoms with Crippen LogP contribution in [-0.4, -0.2) is 62.9 Å². The lowest BCUT2D eigenvalue weighted by Crippen LogP contribution is -2.28. The zero-order chi connectivity index (χ0) is 24.8. The van der Waals surface area contributed by atoms with Gasteiger partial charge in [-0.3, -0.25) is 4.79 Å². The minimum Gasteiger partial charge on any atom is -0.370 e. The van der Waals surface area contributed by atoms with Crippen LogP contribution in [0.3, 0.4) is 0 Å². The molecule has 4 heteroatoms. The van der Waals surface area contributed by atoms with Crippen molar-refractivity contribution in [2.75, 3.05) is 52.2 Å². The Labute approximate surface area is 210 Å². The number of carbonyl (C=O) groups is 1. The summed E-state index contributed by atoms with van der Waals surface area (Å²) < 4.78 is 0. The van der Waals surface area contributed by atoms with Gasteiger partial charge in [0.15, 0.2) is 5.78 Å². The molecular formula is C31H37N3O. The van der Waals surface area contributed by atoms with Gasteiger partial charge >= 0.3 is 0 Å². The van der Waals surface area contributed by atoms with E-state index in [1.54, 1.807) is 6.08 Å². The van der Waals surface area contributed by atoms with Crippen LogP contribution in [0.2, 0.25) is 0 Å². The molecule has 3 aromatic carbocycles. The second-order valence-corrected chi connectivity index (χ2v) is 9.86. The van der Waals surface area contributed by atoms with Crippen LogP contribution < -0.4 is 4.90 Å². The molecule has 0 bridgehead atoms. The monoisotopic (exact) mass is 467 g/mol. The SMILES string of the molecule is Cc1ccccc1-c1cc(/C=C/C(=O)c2ccccc2CN(C)C)cc(N2CCCN(C)CC2)c1. The molecule has 1 fully saturated rings. The second-order valence-electron chi connectivity index (χ2n) is 9.86. The molecule has 1 heterocycles. The molecule has 0 N–H and O–H groups in total. The molecule has 0 aliphatic carbocycles. The van der Waals surface area contributed by atoms with Crippen LogP contribution in [0.1, 0.15) is 33.5 Å². The van der Waals surface area contributed by atoms with Gasteiger partial charge in [-0.2, -0.15) is 0 Å². The van der Waals surface area contributed by atoms with Crippen LogP contribution in [0.15, 0.2) is 72.8 Å². The zero-order valence-corrected chi connectivity index (χ0v) is 21.5. The molecule has 4 rings (SSSR count). The van der Waals surface area contributed by atoms with Gasteiger partial charge in [-0.1, -0.05) is 54.6 Å². The number of aryl methyl sites for hydroxylation is 1. The summed E-state index contributed by atoms with van der Waals surface area (Å²) in [7, 11) is 6.24. The number of anilines is 1. The standard InChI is InChI=1S/C31H37N3O/c1-24-10-5-7-12-29(24)27-20-25(21-28(22-27)34-17-9-16-33(4)18-19-34)14-15-31(35)30-13-8-6-11-26(30)23-32(2)3/h5-8,10-15,20-22H,9,16-19,23H2,1-4H3/b15-14+. The smallest absolute Gasteiger partial charge is 0.186 e. The number of carbonyl (C=O) groups excluding carboxylic acids is 1. The molecule has 0 spiro atoms. The highest BCUT2D eigenvalue weighted by Gasteiger charge is 2.15. The first kappa shape index (κ1) is 24.9. The normalized spacial score (nSPS) is 15.1. The van der Waals surface area contributed by atoms with Crippen LogP contribution in [-0.2, 0) is 6.54 Å². The Kier molecular flexibility index (Phi) is 8.17. The van der Waals surface area contributed by atoms with Gasteiger partial charge in [0.2, 0.25) is 0 Å². The molecule has 0 atom stereocenters. The Morgan fingerprint density at radius 1 is 0.943 bits per heavy atom. The summed E-state index contributed by atoms with van der Waals surface area (Å²) in [4.78, 5) is 20.1. The molecule has 1 aliphatic heterocycles. The van der Waals surface area contributed by atoms with Crippen molar-refractivity contribution in [1.29, 1.82) is 0 Å². The van der Waals surface area contributed by atoms with E-state index in [9.17, 15) is 4.79 Å². The summed E-state index contributed by atoms with van der Waals surface area (Å²) in [5, 5.41) is 0. The third-order valence-electron chi connectivity index (χ3n) is 6.68. The van der Waals surface area contributed by atoms with E-state index in [0.717, 1.165) is 55.8 Å². The van der Waals surface area contributed by atoms with Crippen molar-refractivity contribution in [3.05, 3.63) is 95.1 Å². The quantitative estimate of drug-likeness (QED) is 0.326. The minimum absolute atomic E-state index is 0.0432. The third-order valence-corrected chi connectivity index (χ3v) is 6.68. The largest absolute Gasteiger partial charge is 0.370 e. The number of ketones is 1. The van der Waals surface area contributed by atoms with Crippen molar-refractivity contribution >= 4 is 17.5 Å². The molecule has 3 aromatic rings. The Morgan fingerprint density at radius 2 is 1.71 bits per heavy atom. The third kappa shape index (κ3) is 6.47. The van der Waals surface area contributed by atoms with E-state index in [1.165, 1.54) is 22.4 Å². The van der Waals surface area contributed by atoms with Gasteiger partial charge in [0.1, 0.15) is 0 Å². The van der Waals surface area contributed by atoms with Gasteiger partial charge in [0.05, 0.1) is 0 Å². The van der Waals surface area contributed by atoms with Gasteiger partial charge in [-0.15, -0.1) is 0 Å². The molecule has 182 valence electrons. The van der Waals surface area contributed by atoms with Crippen LogP contribution >= 0.6 is 0 Å². The van der Waals surface area contributed by atoms with E-state index >= 15 is 0 Å². The fraction of sp³-hybridized carbons (Fsp3) is 0.323. The summed E-state index contributed by atoms with van der Waals surface area (Å²) in [5.74, 6) is 0.0432. The van der Waals surface area contributed by atoms with E-state index in [-0.39, 0.29) is 5.78 Å². The molecule has 0 unspecified atom stereocenters. The zero-order valence-electron chi connectivity index (χ0n) is 21.5. The Hall–Kier alpha value is -3.21. The first-order valence-corrected chi connectivity index (χ1v) is 12.5. The Bertz CT molecular complexity index is 1200. The summed E-state index contributed by atoms with van der Waals surface area (Å²) in [5.41, 5.74) is 7.78. The summed E-state index contributed by atoms with van der Waals surface area (Å²) >= 11 is 0. The highest BCUT2D eigenvalue weighted by atomic mass is 16.1. The molecule has 0 aromatic heterocycles. The van der Waals surface area contributed by atoms with Crippen LogP contribution in [0.5, 0.6) is 0 Å². The maximum Gasteiger partial charge on any atom is 0.186 e. The molecule has 1 aliphatic rings. The lowest BCUT2D eigenvalue weighted by atomic mass is 9.97. The Balaban J connectivity index is 1.69. The molecule has 4 nitrogen and oxygen atoms in total. The molecular weight excluding hydrogens is 430 g/mol. The lowest BCUT2D eigenvalue weighted by Gasteiger charge is -2.24. The fourth-order valence-electron chi connectivity index (χ4n) is 4.77. The minimum atomic E-state index is 0.0432. The van der Waals surface area contributed by atoms with Gasteiger partial charge < -0.3 is 14.7 Å². The van der Waals surface area contributed by atoms with Crippen molar-refractivity contribution in [3.63, 3.8) is 0 Å². The second kappa shape index (κ2) is 11.5. The lowest BCUT2D eigenvalue weighted by molar-refractivity contribution is 0.104. The maximum absolute atomic E-state index is 13.2. The van der Waals surface area contributed by atoms with E-state index < -0.39 is 0 Å². The average Bonchev–Trinajstić information content (AvgIpc) is 3.07. The van der Waals surface area contributed by atoms with Crippen molar-refractivity contribution in [2.45, 2.75) is 19.9 Å². The van der Waals surface area contributed by atoms with Crippen molar-refractivity contribution in [2.24, 2.45) is 0 Å². The number of hydrogen-bond acceptors (Lipinski definition) is 4. The van der Waals surface area contributed by atoms with Gasteiger partial charge in [-0.05, 0) is 93.1 Å². The molecule has 0 amide bonds. The van der Waals surface area contributed by atoms with Crippen molar-refractivity contribution in [3.8, 4) is 11.1 Å².